The number of carboxylic acid groups (broad SMARTS) is 1. The zero-order valence-corrected chi connectivity index (χ0v) is 19.7. The molecule has 184 valence electrons. The molecule has 2 amide bonds. The monoisotopic (exact) mass is 502 g/mol. The van der Waals surface area contributed by atoms with E-state index in [0.717, 1.165) is 49.4 Å². The highest BCUT2D eigenvalue weighted by atomic mass is 35.5. The van der Waals surface area contributed by atoms with E-state index in [1.165, 1.54) is 0 Å². The van der Waals surface area contributed by atoms with Crippen LogP contribution in [0.3, 0.4) is 0 Å². The Balaban J connectivity index is 1.60. The number of nitrogens with zero attached hydrogens (tertiary/aromatic N) is 2. The molecule has 2 aromatic rings. The molecular formula is C26H25ClF2N2O4. The summed E-state index contributed by atoms with van der Waals surface area (Å²) in [6, 6.07) is 7.39. The molecule has 0 bridgehead atoms. The number of carboxylic acids is 1. The fourth-order valence-electron chi connectivity index (χ4n) is 5.76. The van der Waals surface area contributed by atoms with Crippen molar-refractivity contribution in [3.63, 3.8) is 0 Å². The number of carbonyl (C=O) groups is 3. The summed E-state index contributed by atoms with van der Waals surface area (Å²) < 4.78 is 27.9. The highest BCUT2D eigenvalue weighted by Crippen LogP contribution is 2.53. The molecule has 1 N–H and O–H groups in total. The van der Waals surface area contributed by atoms with Crippen molar-refractivity contribution >= 4 is 35.1 Å². The number of fused-ring (bicyclic) bond motifs is 2. The molecule has 35 heavy (non-hydrogen) atoms. The van der Waals surface area contributed by atoms with Gasteiger partial charge in [-0.2, -0.15) is 0 Å². The predicted octanol–water partition coefficient (Wildman–Crippen LogP) is 5.34. The van der Waals surface area contributed by atoms with Crippen molar-refractivity contribution < 1.29 is 28.3 Å². The van der Waals surface area contributed by atoms with Crippen LogP contribution in [0.25, 0.3) is 0 Å². The Morgan fingerprint density at radius 1 is 1.00 bits per heavy atom. The van der Waals surface area contributed by atoms with Gasteiger partial charge in [-0.15, -0.1) is 0 Å². The summed E-state index contributed by atoms with van der Waals surface area (Å²) >= 11 is 6.33. The maximum atomic E-state index is 13.9. The minimum absolute atomic E-state index is 0.0330. The largest absolute Gasteiger partial charge is 0.481 e. The predicted molar refractivity (Wildman–Crippen MR) is 125 cm³/mol. The standard InChI is InChI=1S/C26H25ClF2N2O4/c27-15-4-7-20-22(12-15)31(26(35)14-10-16(28)13-17(29)11-14)21-3-1-2-19(21)25(20)30(18-5-6-18)23(32)8-9-24(33)34/h4,7,10-13,18-19,21,25H,1-3,5-6,8-9H2,(H,33,34). The van der Waals surface area contributed by atoms with Crippen molar-refractivity contribution in [2.75, 3.05) is 4.90 Å². The molecule has 3 unspecified atom stereocenters. The van der Waals surface area contributed by atoms with Crippen LogP contribution in [0.5, 0.6) is 0 Å². The molecule has 2 aromatic carbocycles. The summed E-state index contributed by atoms with van der Waals surface area (Å²) in [4.78, 5) is 41.5. The third-order valence-electron chi connectivity index (χ3n) is 7.25. The molecule has 2 fully saturated rings. The Bertz CT molecular complexity index is 1180. The fourth-order valence-corrected chi connectivity index (χ4v) is 5.92. The van der Waals surface area contributed by atoms with E-state index in [4.69, 9.17) is 16.7 Å². The molecule has 0 aromatic heterocycles. The lowest BCUT2D eigenvalue weighted by Gasteiger charge is -2.48. The van der Waals surface area contributed by atoms with Crippen LogP contribution in [0.4, 0.5) is 14.5 Å². The summed E-state index contributed by atoms with van der Waals surface area (Å²) in [5, 5.41) is 9.51. The molecule has 1 heterocycles. The average Bonchev–Trinajstić information content (AvgIpc) is 3.52. The van der Waals surface area contributed by atoms with Crippen molar-refractivity contribution in [3.05, 3.63) is 64.2 Å². The smallest absolute Gasteiger partial charge is 0.303 e. The van der Waals surface area contributed by atoms with Gasteiger partial charge < -0.3 is 14.9 Å². The molecule has 3 aliphatic rings. The molecule has 2 saturated carbocycles. The number of halogens is 3. The average molecular weight is 503 g/mol. The molecule has 3 atom stereocenters. The lowest BCUT2D eigenvalue weighted by Crippen LogP contribution is -2.53. The maximum absolute atomic E-state index is 13.9. The van der Waals surface area contributed by atoms with Gasteiger partial charge in [0.05, 0.1) is 18.2 Å². The van der Waals surface area contributed by atoms with Crippen molar-refractivity contribution in [1.29, 1.82) is 0 Å². The lowest BCUT2D eigenvalue weighted by molar-refractivity contribution is -0.142. The van der Waals surface area contributed by atoms with E-state index in [0.29, 0.717) is 17.1 Å². The van der Waals surface area contributed by atoms with Gasteiger partial charge in [-0.1, -0.05) is 24.1 Å². The Labute approximate surface area is 206 Å². The zero-order chi connectivity index (χ0) is 24.9. The topological polar surface area (TPSA) is 77.9 Å². The number of hydrogen-bond acceptors (Lipinski definition) is 3. The van der Waals surface area contributed by atoms with Gasteiger partial charge in [-0.25, -0.2) is 8.78 Å². The first-order chi connectivity index (χ1) is 16.7. The van der Waals surface area contributed by atoms with Crippen molar-refractivity contribution in [2.24, 2.45) is 5.92 Å². The van der Waals surface area contributed by atoms with E-state index < -0.39 is 23.5 Å². The first-order valence-electron chi connectivity index (χ1n) is 11.9. The normalized spacial score (nSPS) is 22.9. The quantitative estimate of drug-likeness (QED) is 0.578. The second-order valence-corrected chi connectivity index (χ2v) is 10.0. The number of anilines is 1. The van der Waals surface area contributed by atoms with Gasteiger partial charge in [0.15, 0.2) is 0 Å². The SMILES string of the molecule is O=C(O)CCC(=O)N(C1CC1)C1c2ccc(Cl)cc2N(C(=O)c2cc(F)cc(F)c2)C2CCCC21. The number of carbonyl (C=O) groups excluding carboxylic acids is 2. The molecular weight excluding hydrogens is 478 g/mol. The second-order valence-electron chi connectivity index (χ2n) is 9.57. The van der Waals surface area contributed by atoms with Crippen LogP contribution in [0.1, 0.15) is 66.9 Å². The number of rotatable bonds is 6. The summed E-state index contributed by atoms with van der Waals surface area (Å²) in [7, 11) is 0. The number of hydrogen-bond donors (Lipinski definition) is 1. The molecule has 2 aliphatic carbocycles. The van der Waals surface area contributed by atoms with Gasteiger partial charge in [0.1, 0.15) is 11.6 Å². The van der Waals surface area contributed by atoms with E-state index >= 15 is 0 Å². The van der Waals surface area contributed by atoms with Crippen molar-refractivity contribution in [1.82, 2.24) is 4.90 Å². The van der Waals surface area contributed by atoms with Crippen LogP contribution in [0, 0.1) is 17.6 Å². The third-order valence-corrected chi connectivity index (χ3v) is 7.48. The molecule has 1 aliphatic heterocycles. The van der Waals surface area contributed by atoms with Gasteiger partial charge >= 0.3 is 5.97 Å². The molecule has 0 saturated heterocycles. The van der Waals surface area contributed by atoms with E-state index in [1.54, 1.807) is 17.0 Å². The van der Waals surface area contributed by atoms with Gasteiger partial charge in [0, 0.05) is 41.1 Å². The van der Waals surface area contributed by atoms with E-state index in [-0.39, 0.29) is 48.4 Å². The minimum Gasteiger partial charge on any atom is -0.481 e. The second kappa shape index (κ2) is 9.22. The lowest BCUT2D eigenvalue weighted by atomic mass is 9.81. The van der Waals surface area contributed by atoms with E-state index in [2.05, 4.69) is 0 Å². The van der Waals surface area contributed by atoms with Crippen LogP contribution >= 0.6 is 11.6 Å². The Kier molecular flexibility index (Phi) is 6.25. The summed E-state index contributed by atoms with van der Waals surface area (Å²) in [6.45, 7) is 0. The van der Waals surface area contributed by atoms with Gasteiger partial charge in [0.2, 0.25) is 5.91 Å². The van der Waals surface area contributed by atoms with Crippen LogP contribution in [-0.4, -0.2) is 39.9 Å². The first kappa shape index (κ1) is 23.7. The highest BCUT2D eigenvalue weighted by Gasteiger charge is 2.51. The fraction of sp³-hybridized carbons (Fsp3) is 0.423. The minimum atomic E-state index is -1.03. The van der Waals surface area contributed by atoms with Crippen LogP contribution < -0.4 is 4.90 Å². The zero-order valence-electron chi connectivity index (χ0n) is 18.9. The summed E-state index contributed by atoms with van der Waals surface area (Å²) in [6.07, 6.45) is 3.64. The van der Waals surface area contributed by atoms with Crippen LogP contribution in [0.15, 0.2) is 36.4 Å². The molecule has 9 heteroatoms. The van der Waals surface area contributed by atoms with Crippen LogP contribution in [0.2, 0.25) is 5.02 Å². The summed E-state index contributed by atoms with van der Waals surface area (Å²) in [5.74, 6) is -3.50. The van der Waals surface area contributed by atoms with E-state index in [9.17, 15) is 23.2 Å². The maximum Gasteiger partial charge on any atom is 0.303 e. The summed E-state index contributed by atoms with van der Waals surface area (Å²) in [5.41, 5.74) is 1.18. The third kappa shape index (κ3) is 4.51. The molecule has 0 spiro atoms. The van der Waals surface area contributed by atoms with Gasteiger partial charge in [0.25, 0.3) is 5.91 Å². The Morgan fingerprint density at radius 2 is 1.71 bits per heavy atom. The first-order valence-corrected chi connectivity index (χ1v) is 12.2. The number of aliphatic carboxylic acids is 1. The van der Waals surface area contributed by atoms with Crippen molar-refractivity contribution in [3.8, 4) is 0 Å². The molecule has 6 nitrogen and oxygen atoms in total. The number of benzene rings is 2. The molecule has 5 rings (SSSR count). The number of amides is 2. The van der Waals surface area contributed by atoms with E-state index in [1.807, 2.05) is 11.0 Å². The highest BCUT2D eigenvalue weighted by molar-refractivity contribution is 6.31. The van der Waals surface area contributed by atoms with Gasteiger partial charge in [-0.3, -0.25) is 14.4 Å². The van der Waals surface area contributed by atoms with Crippen molar-refractivity contribution in [2.45, 2.75) is 63.1 Å². The van der Waals surface area contributed by atoms with Crippen LogP contribution in [-0.2, 0) is 9.59 Å². The van der Waals surface area contributed by atoms with Gasteiger partial charge in [-0.05, 0) is 55.5 Å². The Morgan fingerprint density at radius 3 is 2.37 bits per heavy atom. The molecule has 0 radical (unpaired) electrons. The Hall–Kier alpha value is -3.00.